The highest BCUT2D eigenvalue weighted by Crippen LogP contribution is 2.24. The van der Waals surface area contributed by atoms with Crippen LogP contribution >= 0.6 is 11.6 Å². The summed E-state index contributed by atoms with van der Waals surface area (Å²) in [6, 6.07) is 15.9. The molecule has 0 saturated carbocycles. The molecule has 0 radical (unpaired) electrons. The van der Waals surface area contributed by atoms with Gasteiger partial charge in [0.1, 0.15) is 5.82 Å². The number of hydrogen-bond donors (Lipinski definition) is 1. The molecular weight excluding hydrogens is 334 g/mol. The van der Waals surface area contributed by atoms with Gasteiger partial charge in [-0.2, -0.15) is 0 Å². The Morgan fingerprint density at radius 2 is 1.92 bits per heavy atom. The molecular formula is C19H16ClN5. The fourth-order valence-corrected chi connectivity index (χ4v) is 2.85. The first-order valence-corrected chi connectivity index (χ1v) is 8.35. The molecule has 0 bridgehead atoms. The molecule has 0 fully saturated rings. The maximum absolute atomic E-state index is 6.17. The Kier molecular flexibility index (Phi) is 4.31. The molecule has 0 unspecified atom stereocenters. The Labute approximate surface area is 150 Å². The maximum Gasteiger partial charge on any atom is 0.151 e. The Hall–Kier alpha value is -2.92. The number of nitrogens with one attached hydrogen (secondary N) is 1. The fraction of sp³-hybridized carbons (Fsp3) is 0.105. The van der Waals surface area contributed by atoms with E-state index in [-0.39, 0.29) is 0 Å². The molecule has 4 aromatic rings. The van der Waals surface area contributed by atoms with E-state index in [4.69, 9.17) is 16.6 Å². The third-order valence-electron chi connectivity index (χ3n) is 3.89. The Morgan fingerprint density at radius 3 is 2.72 bits per heavy atom. The smallest absolute Gasteiger partial charge is 0.151 e. The first kappa shape index (κ1) is 15.6. The van der Waals surface area contributed by atoms with Crippen molar-refractivity contribution >= 4 is 28.3 Å². The number of anilines is 1. The summed E-state index contributed by atoms with van der Waals surface area (Å²) in [4.78, 5) is 13.4. The van der Waals surface area contributed by atoms with Crippen molar-refractivity contribution in [2.75, 3.05) is 5.32 Å². The van der Waals surface area contributed by atoms with Gasteiger partial charge in [0.2, 0.25) is 0 Å². The second-order valence-corrected chi connectivity index (χ2v) is 6.16. The van der Waals surface area contributed by atoms with Gasteiger partial charge < -0.3 is 9.88 Å². The minimum Gasteiger partial charge on any atom is -0.365 e. The van der Waals surface area contributed by atoms with Gasteiger partial charge in [0, 0.05) is 29.3 Å². The van der Waals surface area contributed by atoms with E-state index in [2.05, 4.69) is 27.4 Å². The van der Waals surface area contributed by atoms with E-state index in [9.17, 15) is 0 Å². The highest BCUT2D eigenvalue weighted by molar-refractivity contribution is 6.31. The van der Waals surface area contributed by atoms with Crippen LogP contribution in [0, 0.1) is 0 Å². The molecule has 1 N–H and O–H groups in total. The molecule has 4 rings (SSSR count). The molecule has 0 amide bonds. The van der Waals surface area contributed by atoms with E-state index in [1.807, 2.05) is 47.2 Å². The Balaban J connectivity index is 1.70. The largest absolute Gasteiger partial charge is 0.365 e. The number of hydrogen-bond acceptors (Lipinski definition) is 4. The molecule has 2 aromatic carbocycles. The number of halogens is 1. The molecule has 25 heavy (non-hydrogen) atoms. The van der Waals surface area contributed by atoms with Crippen LogP contribution in [0.5, 0.6) is 0 Å². The molecule has 2 heterocycles. The average Bonchev–Trinajstić information content (AvgIpc) is 3.14. The SMILES string of the molecule is Clc1ccc2nc(Cn3ccnc3)nc(NCc3ccccc3)c2c1. The summed E-state index contributed by atoms with van der Waals surface area (Å²) in [6.45, 7) is 1.25. The molecule has 0 aliphatic rings. The zero-order valence-electron chi connectivity index (χ0n) is 13.4. The molecule has 0 atom stereocenters. The fourth-order valence-electron chi connectivity index (χ4n) is 2.68. The van der Waals surface area contributed by atoms with E-state index >= 15 is 0 Å². The monoisotopic (exact) mass is 349 g/mol. The van der Waals surface area contributed by atoms with E-state index in [0.29, 0.717) is 18.1 Å². The highest BCUT2D eigenvalue weighted by atomic mass is 35.5. The molecule has 5 nitrogen and oxygen atoms in total. The first-order valence-electron chi connectivity index (χ1n) is 7.98. The van der Waals surface area contributed by atoms with Crippen LogP contribution in [-0.4, -0.2) is 19.5 Å². The van der Waals surface area contributed by atoms with E-state index < -0.39 is 0 Å². The lowest BCUT2D eigenvalue weighted by atomic mass is 10.2. The number of fused-ring (bicyclic) bond motifs is 1. The van der Waals surface area contributed by atoms with E-state index in [0.717, 1.165) is 22.5 Å². The number of imidazole rings is 1. The second kappa shape index (κ2) is 6.91. The molecule has 0 saturated heterocycles. The third kappa shape index (κ3) is 3.61. The van der Waals surface area contributed by atoms with E-state index in [1.165, 1.54) is 5.56 Å². The van der Waals surface area contributed by atoms with Crippen LogP contribution in [0.4, 0.5) is 5.82 Å². The molecule has 124 valence electrons. The van der Waals surface area contributed by atoms with Crippen molar-refractivity contribution in [3.63, 3.8) is 0 Å². The summed E-state index contributed by atoms with van der Waals surface area (Å²) in [5.41, 5.74) is 2.05. The van der Waals surface area contributed by atoms with Crippen molar-refractivity contribution in [2.24, 2.45) is 0 Å². The summed E-state index contributed by atoms with van der Waals surface area (Å²) in [7, 11) is 0. The first-order chi connectivity index (χ1) is 12.3. The number of aromatic nitrogens is 4. The lowest BCUT2D eigenvalue weighted by Gasteiger charge is -2.11. The van der Waals surface area contributed by atoms with Crippen molar-refractivity contribution in [2.45, 2.75) is 13.1 Å². The maximum atomic E-state index is 6.17. The lowest BCUT2D eigenvalue weighted by Crippen LogP contribution is -2.08. The minimum absolute atomic E-state index is 0.568. The van der Waals surface area contributed by atoms with Crippen LogP contribution in [0.25, 0.3) is 10.9 Å². The van der Waals surface area contributed by atoms with Gasteiger partial charge in [0.15, 0.2) is 5.82 Å². The summed E-state index contributed by atoms with van der Waals surface area (Å²) in [5.74, 6) is 1.51. The van der Waals surface area contributed by atoms with Gasteiger partial charge in [-0.3, -0.25) is 0 Å². The summed E-state index contributed by atoms with van der Waals surface area (Å²) in [6.07, 6.45) is 5.40. The molecule has 0 spiro atoms. The van der Waals surface area contributed by atoms with Gasteiger partial charge in [-0.05, 0) is 23.8 Å². The molecule has 6 heteroatoms. The van der Waals surface area contributed by atoms with Crippen molar-refractivity contribution in [1.82, 2.24) is 19.5 Å². The van der Waals surface area contributed by atoms with Crippen LogP contribution in [-0.2, 0) is 13.1 Å². The number of benzene rings is 2. The van der Waals surface area contributed by atoms with Crippen molar-refractivity contribution < 1.29 is 0 Å². The highest BCUT2D eigenvalue weighted by Gasteiger charge is 2.09. The van der Waals surface area contributed by atoms with Gasteiger partial charge in [0.05, 0.1) is 18.4 Å². The predicted octanol–water partition coefficient (Wildman–Crippen LogP) is 4.14. The summed E-state index contributed by atoms with van der Waals surface area (Å²) in [5, 5.41) is 5.00. The van der Waals surface area contributed by atoms with Crippen LogP contribution in [0.3, 0.4) is 0 Å². The van der Waals surface area contributed by atoms with Crippen molar-refractivity contribution in [3.8, 4) is 0 Å². The van der Waals surface area contributed by atoms with Crippen LogP contribution < -0.4 is 5.32 Å². The van der Waals surface area contributed by atoms with Crippen molar-refractivity contribution in [1.29, 1.82) is 0 Å². The van der Waals surface area contributed by atoms with Gasteiger partial charge in [-0.1, -0.05) is 41.9 Å². The molecule has 0 aliphatic carbocycles. The Morgan fingerprint density at radius 1 is 1.04 bits per heavy atom. The lowest BCUT2D eigenvalue weighted by molar-refractivity contribution is 0.748. The number of rotatable bonds is 5. The van der Waals surface area contributed by atoms with Gasteiger partial charge >= 0.3 is 0 Å². The molecule has 0 aliphatic heterocycles. The van der Waals surface area contributed by atoms with Crippen LogP contribution in [0.2, 0.25) is 5.02 Å². The quantitative estimate of drug-likeness (QED) is 0.588. The predicted molar refractivity (Wildman–Crippen MR) is 99.6 cm³/mol. The van der Waals surface area contributed by atoms with Crippen LogP contribution in [0.1, 0.15) is 11.4 Å². The van der Waals surface area contributed by atoms with Gasteiger partial charge in [-0.25, -0.2) is 15.0 Å². The van der Waals surface area contributed by atoms with E-state index in [1.54, 1.807) is 12.5 Å². The average molecular weight is 350 g/mol. The third-order valence-corrected chi connectivity index (χ3v) is 4.13. The topological polar surface area (TPSA) is 55.6 Å². The minimum atomic E-state index is 0.568. The second-order valence-electron chi connectivity index (χ2n) is 5.72. The normalized spacial score (nSPS) is 10.9. The zero-order chi connectivity index (χ0) is 17.1. The zero-order valence-corrected chi connectivity index (χ0v) is 14.2. The summed E-state index contributed by atoms with van der Waals surface area (Å²) < 4.78 is 1.94. The number of nitrogens with zero attached hydrogens (tertiary/aromatic N) is 4. The standard InChI is InChI=1S/C19H16ClN5/c20-15-6-7-17-16(10-15)19(22-11-14-4-2-1-3-5-14)24-18(23-17)12-25-9-8-21-13-25/h1-10,13H,11-12H2,(H,22,23,24). The molecule has 2 aromatic heterocycles. The van der Waals surface area contributed by atoms with Gasteiger partial charge in [-0.15, -0.1) is 0 Å². The van der Waals surface area contributed by atoms with Crippen LogP contribution in [0.15, 0.2) is 67.3 Å². The summed E-state index contributed by atoms with van der Waals surface area (Å²) >= 11 is 6.17. The van der Waals surface area contributed by atoms with Gasteiger partial charge in [0.25, 0.3) is 0 Å². The Bertz CT molecular complexity index is 984. The van der Waals surface area contributed by atoms with Crippen molar-refractivity contribution in [3.05, 3.63) is 83.7 Å².